The number of hydrogen-bond acceptors (Lipinski definition) is 4. The van der Waals surface area contributed by atoms with E-state index in [1.165, 1.54) is 12.1 Å². The molecule has 1 heterocycles. The Bertz CT molecular complexity index is 759. The molecule has 1 aliphatic heterocycles. The predicted molar refractivity (Wildman–Crippen MR) is 81.4 cm³/mol. The Morgan fingerprint density at radius 1 is 1.19 bits per heavy atom. The molecule has 2 N–H and O–H groups in total. The molecule has 0 bridgehead atoms. The maximum Gasteiger partial charge on any atom is 0.253 e. The number of nitrogens with two attached hydrogens (primary N) is 1. The number of halogens is 2. The van der Waals surface area contributed by atoms with E-state index in [0.29, 0.717) is 23.8 Å². The molecule has 0 aliphatic carbocycles. The summed E-state index contributed by atoms with van der Waals surface area (Å²) in [5.74, 6) is -0.125. The number of hydrogen-bond donors (Lipinski definition) is 1. The first-order valence-electron chi connectivity index (χ1n) is 6.77. The molecule has 0 aromatic heterocycles. The molecule has 0 radical (unpaired) electrons. The Morgan fingerprint density at radius 2 is 1.86 bits per heavy atom. The summed E-state index contributed by atoms with van der Waals surface area (Å²) in [5, 5.41) is 0.432. The Labute approximate surface area is 125 Å². The van der Waals surface area contributed by atoms with Gasteiger partial charge < -0.3 is 10.6 Å². The number of anilines is 2. The van der Waals surface area contributed by atoms with Crippen LogP contribution in [0.4, 0.5) is 15.8 Å². The lowest BCUT2D eigenvalue weighted by Crippen LogP contribution is -2.45. The van der Waals surface area contributed by atoms with Gasteiger partial charge in [0, 0.05) is 18.1 Å². The Hall–Kier alpha value is -1.88. The summed E-state index contributed by atoms with van der Waals surface area (Å²) in [6.45, 7) is 1.26. The van der Waals surface area contributed by atoms with Crippen LogP contribution in [0.15, 0.2) is 27.8 Å². The minimum atomic E-state index is -0.589. The Morgan fingerprint density at radius 3 is 2.43 bits per heavy atom. The smallest absolute Gasteiger partial charge is 0.253 e. The molecule has 21 heavy (non-hydrogen) atoms. The van der Waals surface area contributed by atoms with Crippen LogP contribution in [-0.2, 0) is 0 Å². The zero-order chi connectivity index (χ0) is 15.1. The van der Waals surface area contributed by atoms with E-state index >= 15 is 0 Å². The van der Waals surface area contributed by atoms with Gasteiger partial charge in [-0.1, -0.05) is 17.7 Å². The zero-order valence-corrected chi connectivity index (χ0v) is 12.0. The third-order valence-corrected chi connectivity index (χ3v) is 4.46. The lowest BCUT2D eigenvalue weighted by molar-refractivity contribution is 0.503. The first kappa shape index (κ1) is 14.1. The van der Waals surface area contributed by atoms with Crippen molar-refractivity contribution in [2.24, 2.45) is 0 Å². The van der Waals surface area contributed by atoms with E-state index in [1.807, 2.05) is 4.90 Å². The average molecular weight is 309 g/mol. The van der Waals surface area contributed by atoms with Crippen molar-refractivity contribution in [2.45, 2.75) is 18.8 Å². The lowest BCUT2D eigenvalue weighted by Gasteiger charge is -2.34. The van der Waals surface area contributed by atoms with Gasteiger partial charge in [-0.3, -0.25) is 9.59 Å². The second kappa shape index (κ2) is 5.15. The van der Waals surface area contributed by atoms with Gasteiger partial charge in [0.25, 0.3) is 10.9 Å². The largest absolute Gasteiger partial charge is 0.394 e. The average Bonchev–Trinajstić information content (AvgIpc) is 2.48. The number of nitrogens with zero attached hydrogens (tertiary/aromatic N) is 1. The van der Waals surface area contributed by atoms with Gasteiger partial charge in [-0.25, -0.2) is 4.39 Å². The minimum absolute atomic E-state index is 0.0678. The Balaban J connectivity index is 1.74. The highest BCUT2D eigenvalue weighted by Crippen LogP contribution is 2.34. The standard InChI is InChI=1S/C15H14ClFN2O2/c16-11-7-9(17)1-2-10(11)8-3-5-19(6-4-8)13-12(18)14(20)15(13)21/h1-2,7-8H,3-6,18H2. The molecule has 0 unspecified atom stereocenters. The van der Waals surface area contributed by atoms with Crippen molar-refractivity contribution in [2.75, 3.05) is 23.7 Å². The van der Waals surface area contributed by atoms with Crippen molar-refractivity contribution in [1.82, 2.24) is 0 Å². The van der Waals surface area contributed by atoms with Crippen LogP contribution in [0, 0.1) is 5.82 Å². The van der Waals surface area contributed by atoms with Crippen LogP contribution in [0.25, 0.3) is 0 Å². The number of piperidine rings is 1. The van der Waals surface area contributed by atoms with Gasteiger partial charge in [-0.05, 0) is 36.5 Å². The fraction of sp³-hybridized carbons (Fsp3) is 0.333. The summed E-state index contributed by atoms with van der Waals surface area (Å²) in [6.07, 6.45) is 1.56. The van der Waals surface area contributed by atoms with Crippen molar-refractivity contribution in [3.63, 3.8) is 0 Å². The molecule has 0 amide bonds. The molecule has 2 aromatic carbocycles. The molecule has 6 heteroatoms. The van der Waals surface area contributed by atoms with E-state index in [2.05, 4.69) is 0 Å². The first-order chi connectivity index (χ1) is 9.99. The van der Waals surface area contributed by atoms with E-state index in [1.54, 1.807) is 6.07 Å². The summed E-state index contributed by atoms with van der Waals surface area (Å²) in [7, 11) is 0. The second-order valence-corrected chi connectivity index (χ2v) is 5.75. The second-order valence-electron chi connectivity index (χ2n) is 5.35. The maximum absolute atomic E-state index is 13.1. The molecular formula is C15H14ClFN2O2. The lowest BCUT2D eigenvalue weighted by atomic mass is 9.89. The normalized spacial score (nSPS) is 16.6. The van der Waals surface area contributed by atoms with Gasteiger partial charge in [-0.15, -0.1) is 0 Å². The van der Waals surface area contributed by atoms with Gasteiger partial charge >= 0.3 is 0 Å². The molecule has 1 aliphatic rings. The van der Waals surface area contributed by atoms with Crippen molar-refractivity contribution in [3.8, 4) is 0 Å². The van der Waals surface area contributed by atoms with Gasteiger partial charge in [0.2, 0.25) is 0 Å². The Kier molecular flexibility index (Phi) is 3.45. The van der Waals surface area contributed by atoms with E-state index in [0.717, 1.165) is 18.4 Å². The quantitative estimate of drug-likeness (QED) is 0.862. The summed E-state index contributed by atoms with van der Waals surface area (Å²) in [4.78, 5) is 24.5. The molecule has 0 atom stereocenters. The van der Waals surface area contributed by atoms with Crippen molar-refractivity contribution in [1.29, 1.82) is 0 Å². The third-order valence-electron chi connectivity index (χ3n) is 4.13. The molecule has 0 spiro atoms. The topological polar surface area (TPSA) is 63.4 Å². The van der Waals surface area contributed by atoms with Gasteiger partial charge in [-0.2, -0.15) is 0 Å². The fourth-order valence-corrected chi connectivity index (χ4v) is 3.28. The highest BCUT2D eigenvalue weighted by molar-refractivity contribution is 6.31. The monoisotopic (exact) mass is 308 g/mol. The first-order valence-corrected chi connectivity index (χ1v) is 7.15. The van der Waals surface area contributed by atoms with E-state index in [9.17, 15) is 14.0 Å². The van der Waals surface area contributed by atoms with Crippen LogP contribution in [-0.4, -0.2) is 13.1 Å². The van der Waals surface area contributed by atoms with Crippen molar-refractivity contribution < 1.29 is 4.39 Å². The molecule has 4 nitrogen and oxygen atoms in total. The maximum atomic E-state index is 13.1. The fourth-order valence-electron chi connectivity index (χ4n) is 2.96. The minimum Gasteiger partial charge on any atom is -0.394 e. The number of benzene rings is 1. The number of rotatable bonds is 2. The molecular weight excluding hydrogens is 295 g/mol. The van der Waals surface area contributed by atoms with E-state index in [-0.39, 0.29) is 17.4 Å². The van der Waals surface area contributed by atoms with Crippen LogP contribution in [0.2, 0.25) is 5.02 Å². The van der Waals surface area contributed by atoms with Crippen LogP contribution in [0.1, 0.15) is 24.3 Å². The van der Waals surface area contributed by atoms with Gasteiger partial charge in [0.05, 0.1) is 0 Å². The van der Waals surface area contributed by atoms with Gasteiger partial charge in [0.15, 0.2) is 0 Å². The zero-order valence-electron chi connectivity index (χ0n) is 11.2. The summed E-state index contributed by atoms with van der Waals surface area (Å²) in [6, 6.07) is 4.43. The van der Waals surface area contributed by atoms with Crippen LogP contribution in [0.3, 0.4) is 0 Å². The highest BCUT2D eigenvalue weighted by Gasteiger charge is 2.28. The summed E-state index contributed by atoms with van der Waals surface area (Å²) < 4.78 is 13.1. The summed E-state index contributed by atoms with van der Waals surface area (Å²) in [5.41, 5.74) is 5.84. The van der Waals surface area contributed by atoms with E-state index < -0.39 is 10.9 Å². The third kappa shape index (κ3) is 2.31. The van der Waals surface area contributed by atoms with Gasteiger partial charge in [0.1, 0.15) is 17.2 Å². The molecule has 1 saturated heterocycles. The van der Waals surface area contributed by atoms with Crippen LogP contribution >= 0.6 is 11.6 Å². The molecule has 3 rings (SSSR count). The number of nitrogen functional groups attached to an aromatic ring is 1. The molecule has 2 aromatic rings. The van der Waals surface area contributed by atoms with Crippen molar-refractivity contribution in [3.05, 3.63) is 55.0 Å². The highest BCUT2D eigenvalue weighted by atomic mass is 35.5. The molecule has 1 fully saturated rings. The predicted octanol–water partition coefficient (Wildman–Crippen LogP) is 2.04. The van der Waals surface area contributed by atoms with Crippen LogP contribution < -0.4 is 21.5 Å². The SMILES string of the molecule is Nc1c(N2CCC(c3ccc(F)cc3Cl)CC2)c(=O)c1=O. The molecule has 110 valence electrons. The summed E-state index contributed by atoms with van der Waals surface area (Å²) >= 11 is 6.08. The molecule has 0 saturated carbocycles. The van der Waals surface area contributed by atoms with Crippen molar-refractivity contribution >= 4 is 23.0 Å². The van der Waals surface area contributed by atoms with Crippen LogP contribution in [0.5, 0.6) is 0 Å². The van der Waals surface area contributed by atoms with E-state index in [4.69, 9.17) is 17.3 Å².